The van der Waals surface area contributed by atoms with Crippen molar-refractivity contribution in [2.45, 2.75) is 32.6 Å². The lowest BCUT2D eigenvalue weighted by Crippen LogP contribution is -2.11. The summed E-state index contributed by atoms with van der Waals surface area (Å²) in [6.07, 6.45) is 18.3. The van der Waals surface area contributed by atoms with Gasteiger partial charge in [0.1, 0.15) is 0 Å². The van der Waals surface area contributed by atoms with Crippen LogP contribution < -0.4 is 5.32 Å². The van der Waals surface area contributed by atoms with Gasteiger partial charge >= 0.3 is 0 Å². The summed E-state index contributed by atoms with van der Waals surface area (Å²) in [4.78, 5) is 0. The van der Waals surface area contributed by atoms with Crippen LogP contribution in [0.5, 0.6) is 0 Å². The minimum Gasteiger partial charge on any atom is -0.384 e. The smallest absolute Gasteiger partial charge is 0.0376 e. The van der Waals surface area contributed by atoms with E-state index in [4.69, 9.17) is 0 Å². The third-order valence-corrected chi connectivity index (χ3v) is 5.39. The number of rotatable bonds is 4. The Kier molecular flexibility index (Phi) is 4.25. The molecule has 0 bridgehead atoms. The SMILES string of the molecule is CC1=CCC2C=CC=CC2=C1CCc1ccccc1C1=CCCN1. The number of aryl methyl sites for hydroxylation is 1. The summed E-state index contributed by atoms with van der Waals surface area (Å²) in [6, 6.07) is 8.87. The quantitative estimate of drug-likeness (QED) is 0.790. The minimum absolute atomic E-state index is 0.586. The summed E-state index contributed by atoms with van der Waals surface area (Å²) in [5, 5.41) is 3.52. The Bertz CT molecular complexity index is 786. The standard InChI is InChI=1S/C23H25N/c1-17-12-13-18-7-2-4-9-21(18)20(17)15-14-19-8-3-5-10-22(19)23-11-6-16-24-23/h2-5,7-12,18,24H,6,13-16H2,1H3. The van der Waals surface area contributed by atoms with E-state index in [1.165, 1.54) is 28.0 Å². The summed E-state index contributed by atoms with van der Waals surface area (Å²) in [5.74, 6) is 0.586. The molecule has 1 aliphatic heterocycles. The maximum Gasteiger partial charge on any atom is 0.0376 e. The van der Waals surface area contributed by atoms with Crippen LogP contribution in [0.15, 0.2) is 77.4 Å². The number of hydrogen-bond acceptors (Lipinski definition) is 1. The molecule has 0 radical (unpaired) electrons. The first-order valence-electron chi connectivity index (χ1n) is 9.10. The van der Waals surface area contributed by atoms with E-state index >= 15 is 0 Å². The molecule has 0 fully saturated rings. The van der Waals surface area contributed by atoms with E-state index in [1.807, 2.05) is 0 Å². The predicted molar refractivity (Wildman–Crippen MR) is 103 cm³/mol. The monoisotopic (exact) mass is 315 g/mol. The van der Waals surface area contributed by atoms with Crippen molar-refractivity contribution < 1.29 is 0 Å². The number of fused-ring (bicyclic) bond motifs is 1. The molecule has 1 heteroatoms. The fraction of sp³-hybridized carbons (Fsp3) is 0.304. The van der Waals surface area contributed by atoms with Crippen LogP contribution in [-0.4, -0.2) is 6.54 Å². The van der Waals surface area contributed by atoms with Crippen LogP contribution in [0.2, 0.25) is 0 Å². The number of allylic oxidation sites excluding steroid dienone is 8. The number of hydrogen-bond donors (Lipinski definition) is 1. The lowest BCUT2D eigenvalue weighted by atomic mass is 9.79. The molecule has 0 aromatic heterocycles. The third-order valence-electron chi connectivity index (χ3n) is 5.39. The van der Waals surface area contributed by atoms with E-state index in [0.29, 0.717) is 5.92 Å². The van der Waals surface area contributed by atoms with Crippen LogP contribution >= 0.6 is 0 Å². The molecule has 3 aliphatic rings. The number of benzene rings is 1. The van der Waals surface area contributed by atoms with Gasteiger partial charge in [-0.3, -0.25) is 0 Å². The molecule has 0 spiro atoms. The van der Waals surface area contributed by atoms with Crippen molar-refractivity contribution in [3.63, 3.8) is 0 Å². The van der Waals surface area contributed by atoms with E-state index in [9.17, 15) is 0 Å². The van der Waals surface area contributed by atoms with Gasteiger partial charge < -0.3 is 5.32 Å². The largest absolute Gasteiger partial charge is 0.384 e. The second-order valence-electron chi connectivity index (χ2n) is 6.90. The Hall–Kier alpha value is -2.28. The van der Waals surface area contributed by atoms with E-state index in [-0.39, 0.29) is 0 Å². The molecule has 122 valence electrons. The molecule has 1 nitrogen and oxygen atoms in total. The molecule has 1 aromatic rings. The molecule has 2 aliphatic carbocycles. The fourth-order valence-corrected chi connectivity index (χ4v) is 4.07. The average Bonchev–Trinajstić information content (AvgIpc) is 3.16. The molecule has 24 heavy (non-hydrogen) atoms. The first kappa shape index (κ1) is 15.3. The van der Waals surface area contributed by atoms with Crippen LogP contribution in [0, 0.1) is 5.92 Å². The second kappa shape index (κ2) is 6.68. The highest BCUT2D eigenvalue weighted by Crippen LogP contribution is 2.36. The van der Waals surface area contributed by atoms with Crippen LogP contribution in [-0.2, 0) is 6.42 Å². The third kappa shape index (κ3) is 2.91. The van der Waals surface area contributed by atoms with Gasteiger partial charge in [-0.2, -0.15) is 0 Å². The van der Waals surface area contributed by atoms with Crippen molar-refractivity contribution in [1.29, 1.82) is 0 Å². The predicted octanol–water partition coefficient (Wildman–Crippen LogP) is 5.34. The average molecular weight is 315 g/mol. The maximum atomic E-state index is 3.52. The van der Waals surface area contributed by atoms with E-state index < -0.39 is 0 Å². The van der Waals surface area contributed by atoms with Gasteiger partial charge in [0.05, 0.1) is 0 Å². The van der Waals surface area contributed by atoms with Gasteiger partial charge in [0.25, 0.3) is 0 Å². The Morgan fingerprint density at radius 2 is 2.00 bits per heavy atom. The zero-order valence-corrected chi connectivity index (χ0v) is 14.4. The second-order valence-corrected chi connectivity index (χ2v) is 6.90. The van der Waals surface area contributed by atoms with Gasteiger partial charge in [0.2, 0.25) is 0 Å². The summed E-state index contributed by atoms with van der Waals surface area (Å²) in [7, 11) is 0. The van der Waals surface area contributed by atoms with Crippen molar-refractivity contribution in [2.24, 2.45) is 5.92 Å². The first-order valence-corrected chi connectivity index (χ1v) is 9.10. The van der Waals surface area contributed by atoms with Crippen molar-refractivity contribution in [1.82, 2.24) is 5.32 Å². The highest BCUT2D eigenvalue weighted by Gasteiger charge is 2.20. The lowest BCUT2D eigenvalue weighted by molar-refractivity contribution is 0.740. The van der Waals surface area contributed by atoms with Gasteiger partial charge in [0.15, 0.2) is 0 Å². The topological polar surface area (TPSA) is 12.0 Å². The summed E-state index contributed by atoms with van der Waals surface area (Å²) in [6.45, 7) is 3.34. The maximum absolute atomic E-state index is 3.52. The van der Waals surface area contributed by atoms with E-state index in [2.05, 4.69) is 73.0 Å². The highest BCUT2D eigenvalue weighted by atomic mass is 14.9. The van der Waals surface area contributed by atoms with Crippen molar-refractivity contribution in [2.75, 3.05) is 6.54 Å². The Morgan fingerprint density at radius 1 is 1.08 bits per heavy atom. The molecule has 1 unspecified atom stereocenters. The van der Waals surface area contributed by atoms with Gasteiger partial charge in [-0.25, -0.2) is 0 Å². The van der Waals surface area contributed by atoms with Crippen LogP contribution in [0.3, 0.4) is 0 Å². The Labute approximate surface area is 145 Å². The molecule has 0 saturated carbocycles. The molecule has 0 saturated heterocycles. The molecule has 4 rings (SSSR count). The van der Waals surface area contributed by atoms with Crippen molar-refractivity contribution in [3.8, 4) is 0 Å². The van der Waals surface area contributed by atoms with Crippen LogP contribution in [0.25, 0.3) is 5.70 Å². The van der Waals surface area contributed by atoms with Gasteiger partial charge in [0, 0.05) is 23.7 Å². The molecule has 1 heterocycles. The minimum atomic E-state index is 0.586. The van der Waals surface area contributed by atoms with Crippen molar-refractivity contribution >= 4 is 5.70 Å². The zero-order chi connectivity index (χ0) is 16.4. The van der Waals surface area contributed by atoms with Gasteiger partial charge in [-0.05, 0) is 49.3 Å². The van der Waals surface area contributed by atoms with Crippen LogP contribution in [0.4, 0.5) is 0 Å². The first-order chi connectivity index (χ1) is 11.8. The lowest BCUT2D eigenvalue weighted by Gasteiger charge is -2.26. The number of nitrogens with one attached hydrogen (secondary N) is 1. The van der Waals surface area contributed by atoms with Gasteiger partial charge in [-0.15, -0.1) is 0 Å². The zero-order valence-electron chi connectivity index (χ0n) is 14.4. The van der Waals surface area contributed by atoms with E-state index in [0.717, 1.165) is 32.2 Å². The molecular formula is C23H25N. The molecule has 1 atom stereocenters. The van der Waals surface area contributed by atoms with Crippen molar-refractivity contribution in [3.05, 3.63) is 88.6 Å². The molecular weight excluding hydrogens is 290 g/mol. The van der Waals surface area contributed by atoms with Crippen LogP contribution in [0.1, 0.15) is 37.3 Å². The Morgan fingerprint density at radius 3 is 2.88 bits per heavy atom. The van der Waals surface area contributed by atoms with Gasteiger partial charge in [-0.1, -0.05) is 66.3 Å². The summed E-state index contributed by atoms with van der Waals surface area (Å²) < 4.78 is 0. The Balaban J connectivity index is 1.59. The molecule has 1 aromatic carbocycles. The summed E-state index contributed by atoms with van der Waals surface area (Å²) in [5.41, 5.74) is 8.71. The van der Waals surface area contributed by atoms with E-state index in [1.54, 1.807) is 5.57 Å². The molecule has 0 amide bonds. The molecule has 1 N–H and O–H groups in total. The highest BCUT2D eigenvalue weighted by molar-refractivity contribution is 5.68. The summed E-state index contributed by atoms with van der Waals surface area (Å²) >= 11 is 0. The fourth-order valence-electron chi connectivity index (χ4n) is 4.07. The normalized spacial score (nSPS) is 22.1.